The average molecular weight is 341 g/mol. The highest BCUT2D eigenvalue weighted by Gasteiger charge is 2.19. The Balaban J connectivity index is 1.90. The van der Waals surface area contributed by atoms with Gasteiger partial charge in [-0.05, 0) is 30.7 Å². The Kier molecular flexibility index (Phi) is 5.14. The van der Waals surface area contributed by atoms with E-state index in [1.54, 1.807) is 4.90 Å². The molecule has 0 bridgehead atoms. The second-order valence-corrected chi connectivity index (χ2v) is 5.59. The summed E-state index contributed by atoms with van der Waals surface area (Å²) in [6.07, 6.45) is -0.129. The number of amides is 2. The molecule has 0 aromatic heterocycles. The number of halogens is 1. The van der Waals surface area contributed by atoms with Crippen LogP contribution < -0.4 is 5.32 Å². The lowest BCUT2D eigenvalue weighted by atomic mass is 10.2. The van der Waals surface area contributed by atoms with Gasteiger partial charge in [-0.25, -0.2) is 0 Å². The molecule has 1 aliphatic rings. The van der Waals surface area contributed by atoms with Gasteiger partial charge in [-0.15, -0.1) is 0 Å². The van der Waals surface area contributed by atoms with E-state index in [4.69, 9.17) is 4.74 Å². The summed E-state index contributed by atoms with van der Waals surface area (Å²) in [5.74, 6) is -0.438. The predicted molar refractivity (Wildman–Crippen MR) is 79.5 cm³/mol. The molecule has 6 heteroatoms. The van der Waals surface area contributed by atoms with Crippen molar-refractivity contribution in [3.05, 3.63) is 28.2 Å². The SMILES string of the molecule is Cc1cc(Br)ccc1NC(=O)CC(=O)N1CCOCC1. The van der Waals surface area contributed by atoms with E-state index in [1.165, 1.54) is 0 Å². The van der Waals surface area contributed by atoms with Crippen molar-refractivity contribution in [2.45, 2.75) is 13.3 Å². The molecule has 0 spiro atoms. The zero-order chi connectivity index (χ0) is 14.5. The Bertz CT molecular complexity index is 513. The van der Waals surface area contributed by atoms with Gasteiger partial charge in [-0.1, -0.05) is 15.9 Å². The first-order valence-corrected chi connectivity index (χ1v) is 7.27. The van der Waals surface area contributed by atoms with Gasteiger partial charge in [0.1, 0.15) is 6.42 Å². The Morgan fingerprint density at radius 2 is 2.05 bits per heavy atom. The number of benzene rings is 1. The summed E-state index contributed by atoms with van der Waals surface area (Å²) in [5.41, 5.74) is 1.68. The third-order valence-electron chi connectivity index (χ3n) is 3.14. The molecule has 2 rings (SSSR count). The minimum atomic E-state index is -0.285. The summed E-state index contributed by atoms with van der Waals surface area (Å²) in [5, 5.41) is 2.77. The lowest BCUT2D eigenvalue weighted by molar-refractivity contribution is -0.138. The molecule has 1 N–H and O–H groups in total. The first kappa shape index (κ1) is 15.0. The van der Waals surface area contributed by atoms with Crippen LogP contribution >= 0.6 is 15.9 Å². The van der Waals surface area contributed by atoms with E-state index >= 15 is 0 Å². The number of aryl methyl sites for hydroxylation is 1. The van der Waals surface area contributed by atoms with Gasteiger partial charge in [-0.3, -0.25) is 9.59 Å². The van der Waals surface area contributed by atoms with E-state index in [2.05, 4.69) is 21.2 Å². The van der Waals surface area contributed by atoms with Crippen LogP contribution in [-0.4, -0.2) is 43.0 Å². The summed E-state index contributed by atoms with van der Waals surface area (Å²) in [6, 6.07) is 5.59. The van der Waals surface area contributed by atoms with Crippen LogP contribution in [0.25, 0.3) is 0 Å². The van der Waals surface area contributed by atoms with Crippen molar-refractivity contribution in [2.75, 3.05) is 31.6 Å². The summed E-state index contributed by atoms with van der Waals surface area (Å²) in [7, 11) is 0. The van der Waals surface area contributed by atoms with E-state index in [-0.39, 0.29) is 18.2 Å². The van der Waals surface area contributed by atoms with Gasteiger partial charge in [0.15, 0.2) is 0 Å². The molecule has 1 aromatic carbocycles. The quantitative estimate of drug-likeness (QED) is 0.855. The molecule has 1 heterocycles. The zero-order valence-electron chi connectivity index (χ0n) is 11.3. The van der Waals surface area contributed by atoms with E-state index in [9.17, 15) is 9.59 Å². The fraction of sp³-hybridized carbons (Fsp3) is 0.429. The Labute approximate surface area is 126 Å². The minimum absolute atomic E-state index is 0.129. The van der Waals surface area contributed by atoms with Crippen molar-refractivity contribution < 1.29 is 14.3 Å². The van der Waals surface area contributed by atoms with Crippen LogP contribution in [0.15, 0.2) is 22.7 Å². The van der Waals surface area contributed by atoms with Crippen LogP contribution in [0.3, 0.4) is 0 Å². The number of hydrogen-bond donors (Lipinski definition) is 1. The van der Waals surface area contributed by atoms with Crippen molar-refractivity contribution in [3.63, 3.8) is 0 Å². The van der Waals surface area contributed by atoms with Crippen molar-refractivity contribution in [3.8, 4) is 0 Å². The molecule has 0 radical (unpaired) electrons. The molecule has 108 valence electrons. The van der Waals surface area contributed by atoms with Gasteiger partial charge in [-0.2, -0.15) is 0 Å². The molecular formula is C14H17BrN2O3. The van der Waals surface area contributed by atoms with E-state index in [0.29, 0.717) is 26.3 Å². The molecule has 1 aromatic rings. The molecule has 0 aliphatic carbocycles. The van der Waals surface area contributed by atoms with Crippen LogP contribution in [0.2, 0.25) is 0 Å². The summed E-state index contributed by atoms with van der Waals surface area (Å²) in [6.45, 7) is 4.11. The molecule has 1 fully saturated rings. The van der Waals surface area contributed by atoms with Crippen molar-refractivity contribution in [1.29, 1.82) is 0 Å². The second kappa shape index (κ2) is 6.85. The summed E-state index contributed by atoms with van der Waals surface area (Å²) >= 11 is 3.37. The highest BCUT2D eigenvalue weighted by Crippen LogP contribution is 2.20. The largest absolute Gasteiger partial charge is 0.378 e. The number of ether oxygens (including phenoxy) is 1. The summed E-state index contributed by atoms with van der Waals surface area (Å²) in [4.78, 5) is 25.5. The molecule has 0 atom stereocenters. The van der Waals surface area contributed by atoms with Crippen LogP contribution in [0.5, 0.6) is 0 Å². The molecule has 20 heavy (non-hydrogen) atoms. The van der Waals surface area contributed by atoms with Gasteiger partial charge in [0.25, 0.3) is 0 Å². The Morgan fingerprint density at radius 3 is 2.70 bits per heavy atom. The highest BCUT2D eigenvalue weighted by molar-refractivity contribution is 9.10. The van der Waals surface area contributed by atoms with E-state index < -0.39 is 0 Å². The first-order valence-electron chi connectivity index (χ1n) is 6.48. The maximum atomic E-state index is 11.9. The molecular weight excluding hydrogens is 324 g/mol. The maximum absolute atomic E-state index is 11.9. The van der Waals surface area contributed by atoms with Gasteiger partial charge in [0.05, 0.1) is 13.2 Å². The number of morpholine rings is 1. The molecule has 1 aliphatic heterocycles. The fourth-order valence-electron chi connectivity index (χ4n) is 2.02. The van der Waals surface area contributed by atoms with Gasteiger partial charge in [0.2, 0.25) is 11.8 Å². The average Bonchev–Trinajstić information content (AvgIpc) is 2.43. The van der Waals surface area contributed by atoms with Crippen LogP contribution in [0.1, 0.15) is 12.0 Å². The zero-order valence-corrected chi connectivity index (χ0v) is 12.9. The topological polar surface area (TPSA) is 58.6 Å². The number of hydrogen-bond acceptors (Lipinski definition) is 3. The molecule has 1 saturated heterocycles. The third kappa shape index (κ3) is 4.05. The predicted octanol–water partition coefficient (Wildman–Crippen LogP) is 1.94. The maximum Gasteiger partial charge on any atom is 0.233 e. The molecule has 0 unspecified atom stereocenters. The standard InChI is InChI=1S/C14H17BrN2O3/c1-10-8-11(15)2-3-12(10)16-13(18)9-14(19)17-4-6-20-7-5-17/h2-3,8H,4-7,9H2,1H3,(H,16,18). The van der Waals surface area contributed by atoms with Crippen LogP contribution in [0, 0.1) is 6.92 Å². The van der Waals surface area contributed by atoms with Gasteiger partial charge >= 0.3 is 0 Å². The number of carbonyl (C=O) groups excluding carboxylic acids is 2. The lowest BCUT2D eigenvalue weighted by Gasteiger charge is -2.26. The fourth-order valence-corrected chi connectivity index (χ4v) is 2.50. The summed E-state index contributed by atoms with van der Waals surface area (Å²) < 4.78 is 6.13. The monoisotopic (exact) mass is 340 g/mol. The lowest BCUT2D eigenvalue weighted by Crippen LogP contribution is -2.41. The number of rotatable bonds is 3. The normalized spacial score (nSPS) is 15.0. The third-order valence-corrected chi connectivity index (χ3v) is 3.63. The van der Waals surface area contributed by atoms with Crippen molar-refractivity contribution in [2.24, 2.45) is 0 Å². The van der Waals surface area contributed by atoms with Crippen molar-refractivity contribution in [1.82, 2.24) is 4.90 Å². The van der Waals surface area contributed by atoms with Crippen molar-refractivity contribution >= 4 is 33.4 Å². The second-order valence-electron chi connectivity index (χ2n) is 4.68. The molecule has 2 amide bonds. The number of carbonyl (C=O) groups is 2. The molecule has 5 nitrogen and oxygen atoms in total. The van der Waals surface area contributed by atoms with Crippen LogP contribution in [-0.2, 0) is 14.3 Å². The first-order chi connectivity index (χ1) is 9.56. The smallest absolute Gasteiger partial charge is 0.233 e. The van der Waals surface area contributed by atoms with E-state index in [1.807, 2.05) is 25.1 Å². The minimum Gasteiger partial charge on any atom is -0.378 e. The Hall–Kier alpha value is -1.40. The molecule has 0 saturated carbocycles. The number of anilines is 1. The highest BCUT2D eigenvalue weighted by atomic mass is 79.9. The Morgan fingerprint density at radius 1 is 1.35 bits per heavy atom. The number of nitrogens with zero attached hydrogens (tertiary/aromatic N) is 1. The van der Waals surface area contributed by atoms with Crippen LogP contribution in [0.4, 0.5) is 5.69 Å². The van der Waals surface area contributed by atoms with Gasteiger partial charge in [0, 0.05) is 23.2 Å². The van der Waals surface area contributed by atoms with Gasteiger partial charge < -0.3 is 15.0 Å². The van der Waals surface area contributed by atoms with E-state index in [0.717, 1.165) is 15.7 Å². The number of nitrogens with one attached hydrogen (secondary N) is 1.